The van der Waals surface area contributed by atoms with Gasteiger partial charge in [-0.1, -0.05) is 24.3 Å². The first-order valence-electron chi connectivity index (χ1n) is 9.88. The van der Waals surface area contributed by atoms with Crippen LogP contribution in [-0.4, -0.2) is 41.4 Å². The molecule has 1 atom stereocenters. The molecule has 148 valence electrons. The van der Waals surface area contributed by atoms with Crippen LogP contribution in [0.15, 0.2) is 48.5 Å². The van der Waals surface area contributed by atoms with E-state index in [4.69, 9.17) is 9.72 Å². The monoisotopic (exact) mass is 407 g/mol. The van der Waals surface area contributed by atoms with Crippen LogP contribution in [0.3, 0.4) is 0 Å². The summed E-state index contributed by atoms with van der Waals surface area (Å²) in [6.45, 7) is 1.12. The van der Waals surface area contributed by atoms with Gasteiger partial charge >= 0.3 is 0 Å². The minimum Gasteiger partial charge on any atom is -0.482 e. The van der Waals surface area contributed by atoms with E-state index in [9.17, 15) is 9.59 Å². The average Bonchev–Trinajstić information content (AvgIpc) is 3.39. The molecule has 5 rings (SSSR count). The van der Waals surface area contributed by atoms with Crippen LogP contribution >= 0.6 is 11.3 Å². The highest BCUT2D eigenvalue weighted by atomic mass is 32.1. The van der Waals surface area contributed by atoms with Crippen LogP contribution in [0.5, 0.6) is 5.75 Å². The summed E-state index contributed by atoms with van der Waals surface area (Å²) in [5.74, 6) is 0.650. The van der Waals surface area contributed by atoms with Crippen LogP contribution in [0.1, 0.15) is 30.3 Å². The largest absolute Gasteiger partial charge is 0.482 e. The lowest BCUT2D eigenvalue weighted by Gasteiger charge is -2.30. The van der Waals surface area contributed by atoms with Gasteiger partial charge in [-0.25, -0.2) is 4.98 Å². The van der Waals surface area contributed by atoms with Gasteiger partial charge in [-0.15, -0.1) is 11.3 Å². The van der Waals surface area contributed by atoms with Gasteiger partial charge in [-0.2, -0.15) is 0 Å². The van der Waals surface area contributed by atoms with Crippen molar-refractivity contribution in [3.8, 4) is 5.75 Å². The van der Waals surface area contributed by atoms with E-state index in [1.807, 2.05) is 47.4 Å². The van der Waals surface area contributed by atoms with Crippen molar-refractivity contribution < 1.29 is 14.3 Å². The first-order chi connectivity index (χ1) is 14.2. The predicted molar refractivity (Wildman–Crippen MR) is 112 cm³/mol. The molecule has 6 nitrogen and oxygen atoms in total. The van der Waals surface area contributed by atoms with Crippen LogP contribution in [0, 0.1) is 0 Å². The number of anilines is 1. The van der Waals surface area contributed by atoms with E-state index in [0.717, 1.165) is 40.3 Å². The number of rotatable bonds is 4. The predicted octanol–water partition coefficient (Wildman–Crippen LogP) is 3.78. The molecule has 29 heavy (non-hydrogen) atoms. The number of carbonyl (C=O) groups excluding carboxylic acids is 2. The molecule has 1 fully saturated rings. The van der Waals surface area contributed by atoms with Gasteiger partial charge in [0.25, 0.3) is 5.91 Å². The van der Waals surface area contributed by atoms with E-state index in [0.29, 0.717) is 18.7 Å². The maximum Gasteiger partial charge on any atom is 0.265 e. The van der Waals surface area contributed by atoms with Crippen molar-refractivity contribution in [1.29, 1.82) is 0 Å². The van der Waals surface area contributed by atoms with Crippen LogP contribution in [0.2, 0.25) is 0 Å². The third-order valence-electron chi connectivity index (χ3n) is 5.53. The van der Waals surface area contributed by atoms with Gasteiger partial charge in [-0.05, 0) is 37.1 Å². The van der Waals surface area contributed by atoms with E-state index in [-0.39, 0.29) is 24.5 Å². The van der Waals surface area contributed by atoms with Crippen molar-refractivity contribution in [3.63, 3.8) is 0 Å². The molecular formula is C22H21N3O3S. The van der Waals surface area contributed by atoms with E-state index in [2.05, 4.69) is 6.07 Å². The van der Waals surface area contributed by atoms with Gasteiger partial charge in [0.15, 0.2) is 6.61 Å². The van der Waals surface area contributed by atoms with Crippen molar-refractivity contribution in [1.82, 2.24) is 9.88 Å². The Morgan fingerprint density at radius 1 is 1.17 bits per heavy atom. The van der Waals surface area contributed by atoms with Gasteiger partial charge in [0, 0.05) is 19.5 Å². The van der Waals surface area contributed by atoms with Gasteiger partial charge in [0.2, 0.25) is 5.91 Å². The summed E-state index contributed by atoms with van der Waals surface area (Å²) in [6.07, 6.45) is 2.21. The standard InChI is InChI=1S/C22H21N3O3S/c26-20(11-13-25-16-7-2-3-9-18(16)28-14-21(25)27)24-12-5-8-17(24)22-23-15-6-1-4-10-19(15)29-22/h1-4,6-7,9-10,17H,5,8,11-14H2/t17-/m1/s1. The molecule has 2 aliphatic rings. The molecule has 0 N–H and O–H groups in total. The zero-order chi connectivity index (χ0) is 19.8. The number of aromatic nitrogens is 1. The number of para-hydroxylation sites is 3. The number of nitrogens with zero attached hydrogens (tertiary/aromatic N) is 3. The van der Waals surface area contributed by atoms with Gasteiger partial charge in [0.05, 0.1) is 21.9 Å². The normalized spacial score (nSPS) is 18.8. The van der Waals surface area contributed by atoms with Crippen molar-refractivity contribution in [3.05, 3.63) is 53.5 Å². The second kappa shape index (κ2) is 7.48. The maximum atomic E-state index is 13.0. The lowest BCUT2D eigenvalue weighted by Crippen LogP contribution is -2.41. The third-order valence-corrected chi connectivity index (χ3v) is 6.66. The number of ether oxygens (including phenoxy) is 1. The fraction of sp³-hybridized carbons (Fsp3) is 0.318. The zero-order valence-electron chi connectivity index (χ0n) is 15.9. The van der Waals surface area contributed by atoms with Crippen molar-refractivity contribution in [2.75, 3.05) is 24.6 Å². The number of carbonyl (C=O) groups is 2. The highest BCUT2D eigenvalue weighted by molar-refractivity contribution is 7.18. The Labute approximate surface area is 172 Å². The molecule has 2 aliphatic heterocycles. The van der Waals surface area contributed by atoms with E-state index in [1.165, 1.54) is 0 Å². The lowest BCUT2D eigenvalue weighted by atomic mass is 10.2. The highest BCUT2D eigenvalue weighted by Gasteiger charge is 2.33. The molecule has 3 aromatic rings. The number of benzene rings is 2. The van der Waals surface area contributed by atoms with E-state index >= 15 is 0 Å². The number of hydrogen-bond donors (Lipinski definition) is 0. The Morgan fingerprint density at radius 3 is 2.90 bits per heavy atom. The van der Waals surface area contributed by atoms with E-state index < -0.39 is 0 Å². The minimum atomic E-state index is -0.111. The Morgan fingerprint density at radius 2 is 2.00 bits per heavy atom. The van der Waals surface area contributed by atoms with Crippen molar-refractivity contribution in [2.45, 2.75) is 25.3 Å². The summed E-state index contributed by atoms with van der Waals surface area (Å²) < 4.78 is 6.63. The van der Waals surface area contributed by atoms with Gasteiger partial charge in [-0.3, -0.25) is 9.59 Å². The summed E-state index contributed by atoms with van der Waals surface area (Å²) in [4.78, 5) is 33.8. The lowest BCUT2D eigenvalue weighted by molar-refractivity contribution is -0.132. The molecule has 2 aromatic carbocycles. The first-order valence-corrected chi connectivity index (χ1v) is 10.7. The second-order valence-electron chi connectivity index (χ2n) is 7.32. The minimum absolute atomic E-state index is 0.0171. The Kier molecular flexibility index (Phi) is 4.67. The number of thiazole rings is 1. The van der Waals surface area contributed by atoms with Gasteiger partial charge < -0.3 is 14.5 Å². The summed E-state index contributed by atoms with van der Waals surface area (Å²) in [6, 6.07) is 15.6. The molecule has 0 unspecified atom stereocenters. The molecule has 0 saturated carbocycles. The average molecular weight is 407 g/mol. The van der Waals surface area contributed by atoms with Crippen LogP contribution in [0.4, 0.5) is 5.69 Å². The molecule has 1 saturated heterocycles. The molecule has 0 spiro atoms. The molecule has 7 heteroatoms. The molecule has 3 heterocycles. The third kappa shape index (κ3) is 3.35. The number of hydrogen-bond acceptors (Lipinski definition) is 5. The highest BCUT2D eigenvalue weighted by Crippen LogP contribution is 2.37. The van der Waals surface area contributed by atoms with Crippen LogP contribution < -0.4 is 9.64 Å². The Balaban J connectivity index is 1.31. The zero-order valence-corrected chi connectivity index (χ0v) is 16.7. The number of fused-ring (bicyclic) bond motifs is 2. The SMILES string of the molecule is O=C1COc2ccccc2N1CCC(=O)N1CCC[C@@H]1c1nc2ccccc2s1. The molecule has 0 bridgehead atoms. The van der Waals surface area contributed by atoms with Gasteiger partial charge in [0.1, 0.15) is 10.8 Å². The van der Waals surface area contributed by atoms with Crippen molar-refractivity contribution >= 4 is 39.1 Å². The van der Waals surface area contributed by atoms with Crippen LogP contribution in [0.25, 0.3) is 10.2 Å². The Hall–Kier alpha value is -2.93. The summed E-state index contributed by atoms with van der Waals surface area (Å²) in [7, 11) is 0. The number of amides is 2. The summed E-state index contributed by atoms with van der Waals surface area (Å²) in [5.41, 5.74) is 1.73. The van der Waals surface area contributed by atoms with Crippen molar-refractivity contribution in [2.24, 2.45) is 0 Å². The molecule has 0 aliphatic carbocycles. The maximum absolute atomic E-state index is 13.0. The second-order valence-corrected chi connectivity index (χ2v) is 8.38. The first kappa shape index (κ1) is 18.1. The fourth-order valence-electron chi connectivity index (χ4n) is 4.10. The topological polar surface area (TPSA) is 62.7 Å². The van der Waals surface area contributed by atoms with E-state index in [1.54, 1.807) is 16.2 Å². The Bertz CT molecular complexity index is 1050. The summed E-state index contributed by atoms with van der Waals surface area (Å²) in [5, 5.41) is 1.00. The van der Waals surface area contributed by atoms with Crippen LogP contribution in [-0.2, 0) is 9.59 Å². The quantitative estimate of drug-likeness (QED) is 0.660. The smallest absolute Gasteiger partial charge is 0.265 e. The fourth-order valence-corrected chi connectivity index (χ4v) is 5.22. The molecule has 0 radical (unpaired) electrons. The molecule has 1 aromatic heterocycles. The molecular weight excluding hydrogens is 386 g/mol. The number of likely N-dealkylation sites (tertiary alicyclic amines) is 1. The molecule has 2 amide bonds. The summed E-state index contributed by atoms with van der Waals surface area (Å²) >= 11 is 1.67.